The first-order chi connectivity index (χ1) is 13.6. The van der Waals surface area contributed by atoms with Crippen molar-refractivity contribution < 1.29 is 4.79 Å². The van der Waals surface area contributed by atoms with E-state index < -0.39 is 0 Å². The molecule has 0 saturated carbocycles. The van der Waals surface area contributed by atoms with Gasteiger partial charge in [0, 0.05) is 26.2 Å². The molecule has 28 heavy (non-hydrogen) atoms. The normalized spacial score (nSPS) is 10.6. The van der Waals surface area contributed by atoms with Crippen molar-refractivity contribution in [2.75, 3.05) is 7.05 Å². The fraction of sp³-hybridized carbons (Fsp3) is 0.261. The van der Waals surface area contributed by atoms with Crippen LogP contribution in [-0.2, 0) is 13.1 Å². The van der Waals surface area contributed by atoms with Gasteiger partial charge in [0.2, 0.25) is 0 Å². The van der Waals surface area contributed by atoms with Crippen molar-refractivity contribution in [3.8, 4) is 11.1 Å². The number of unbranched alkanes of at least 4 members (excludes halogenated alkanes) is 1. The third kappa shape index (κ3) is 4.74. The van der Waals surface area contributed by atoms with Crippen molar-refractivity contribution in [3.05, 3.63) is 88.3 Å². The molecule has 1 amide bonds. The van der Waals surface area contributed by atoms with E-state index in [0.29, 0.717) is 18.8 Å². The second kappa shape index (κ2) is 9.13. The van der Waals surface area contributed by atoms with Crippen LogP contribution in [0, 0.1) is 0 Å². The van der Waals surface area contributed by atoms with Crippen LogP contribution >= 0.6 is 0 Å². The number of benzene rings is 2. The third-order valence-corrected chi connectivity index (χ3v) is 4.64. The van der Waals surface area contributed by atoms with Crippen LogP contribution in [0.25, 0.3) is 11.1 Å². The standard InChI is InChI=1S/C23H25N3O2/c1-3-4-16-26-22(27)15-14-21(24-26)23(28)25(2)17-18-10-12-20(13-11-18)19-8-6-5-7-9-19/h5-15H,3-4,16-17H2,1-2H3. The van der Waals surface area contributed by atoms with Crippen molar-refractivity contribution in [2.45, 2.75) is 32.9 Å². The minimum atomic E-state index is -0.197. The predicted octanol–water partition coefficient (Wildman–Crippen LogP) is 3.98. The Hall–Kier alpha value is -3.21. The molecule has 0 N–H and O–H groups in total. The number of rotatable bonds is 7. The Bertz CT molecular complexity index is 979. The molecule has 0 bridgehead atoms. The van der Waals surface area contributed by atoms with Gasteiger partial charge in [-0.05, 0) is 29.2 Å². The Morgan fingerprint density at radius 3 is 2.32 bits per heavy atom. The summed E-state index contributed by atoms with van der Waals surface area (Å²) in [5.41, 5.74) is 3.46. The Kier molecular flexibility index (Phi) is 6.37. The van der Waals surface area contributed by atoms with E-state index >= 15 is 0 Å². The van der Waals surface area contributed by atoms with Gasteiger partial charge in [-0.2, -0.15) is 5.10 Å². The molecule has 0 radical (unpaired) electrons. The lowest BCUT2D eigenvalue weighted by Gasteiger charge is -2.17. The fourth-order valence-corrected chi connectivity index (χ4v) is 3.01. The maximum Gasteiger partial charge on any atom is 0.274 e. The number of hydrogen-bond donors (Lipinski definition) is 0. The molecule has 144 valence electrons. The molecule has 2 aromatic carbocycles. The molecular weight excluding hydrogens is 350 g/mol. The maximum atomic E-state index is 12.7. The van der Waals surface area contributed by atoms with E-state index in [1.807, 2.05) is 30.3 Å². The largest absolute Gasteiger partial charge is 0.336 e. The first-order valence-electron chi connectivity index (χ1n) is 9.56. The van der Waals surface area contributed by atoms with Crippen LogP contribution in [0.15, 0.2) is 71.5 Å². The third-order valence-electron chi connectivity index (χ3n) is 4.64. The van der Waals surface area contributed by atoms with Gasteiger partial charge >= 0.3 is 0 Å². The lowest BCUT2D eigenvalue weighted by molar-refractivity contribution is 0.0776. The van der Waals surface area contributed by atoms with E-state index in [9.17, 15) is 9.59 Å². The topological polar surface area (TPSA) is 55.2 Å². The molecule has 3 aromatic rings. The Morgan fingerprint density at radius 1 is 0.964 bits per heavy atom. The molecule has 0 aliphatic heterocycles. The average Bonchev–Trinajstić information content (AvgIpc) is 2.74. The lowest BCUT2D eigenvalue weighted by Crippen LogP contribution is -2.31. The Balaban J connectivity index is 1.69. The maximum absolute atomic E-state index is 12.7. The smallest absolute Gasteiger partial charge is 0.274 e. The van der Waals surface area contributed by atoms with Gasteiger partial charge in [-0.15, -0.1) is 0 Å². The highest BCUT2D eigenvalue weighted by Crippen LogP contribution is 2.19. The summed E-state index contributed by atoms with van der Waals surface area (Å²) in [6, 6.07) is 21.3. The molecule has 3 rings (SSSR count). The molecule has 0 saturated heterocycles. The zero-order chi connectivity index (χ0) is 19.9. The fourth-order valence-electron chi connectivity index (χ4n) is 3.01. The van der Waals surface area contributed by atoms with Crippen molar-refractivity contribution in [2.24, 2.45) is 0 Å². The van der Waals surface area contributed by atoms with Gasteiger partial charge in [-0.25, -0.2) is 4.68 Å². The van der Waals surface area contributed by atoms with Gasteiger partial charge < -0.3 is 4.90 Å². The molecule has 0 aliphatic rings. The SMILES string of the molecule is CCCCn1nc(C(=O)N(C)Cc2ccc(-c3ccccc3)cc2)ccc1=O. The average molecular weight is 375 g/mol. The summed E-state index contributed by atoms with van der Waals surface area (Å²) in [6.07, 6.45) is 1.82. The van der Waals surface area contributed by atoms with Gasteiger partial charge in [0.25, 0.3) is 11.5 Å². The van der Waals surface area contributed by atoms with E-state index in [1.165, 1.54) is 16.8 Å². The molecule has 1 heterocycles. The second-order valence-corrected chi connectivity index (χ2v) is 6.86. The molecule has 0 fully saturated rings. The van der Waals surface area contributed by atoms with Gasteiger partial charge in [-0.3, -0.25) is 9.59 Å². The second-order valence-electron chi connectivity index (χ2n) is 6.86. The first-order valence-corrected chi connectivity index (χ1v) is 9.56. The summed E-state index contributed by atoms with van der Waals surface area (Å²) in [6.45, 7) is 3.06. The highest BCUT2D eigenvalue weighted by atomic mass is 16.2. The minimum absolute atomic E-state index is 0.177. The van der Waals surface area contributed by atoms with E-state index in [0.717, 1.165) is 29.5 Å². The van der Waals surface area contributed by atoms with Crippen molar-refractivity contribution in [1.29, 1.82) is 0 Å². The Morgan fingerprint density at radius 2 is 1.64 bits per heavy atom. The Labute approximate surface area is 165 Å². The highest BCUT2D eigenvalue weighted by molar-refractivity contribution is 5.91. The molecular formula is C23H25N3O2. The quantitative estimate of drug-likeness (QED) is 0.628. The van der Waals surface area contributed by atoms with Crippen LogP contribution in [0.4, 0.5) is 0 Å². The van der Waals surface area contributed by atoms with Gasteiger partial charge in [-0.1, -0.05) is 67.9 Å². The number of hydrogen-bond acceptors (Lipinski definition) is 3. The van der Waals surface area contributed by atoms with E-state index in [2.05, 4.69) is 36.3 Å². The molecule has 0 aliphatic carbocycles. The monoisotopic (exact) mass is 375 g/mol. The van der Waals surface area contributed by atoms with Crippen LogP contribution in [0.3, 0.4) is 0 Å². The summed E-state index contributed by atoms with van der Waals surface area (Å²) in [4.78, 5) is 26.2. The summed E-state index contributed by atoms with van der Waals surface area (Å²) in [5, 5.41) is 4.24. The van der Waals surface area contributed by atoms with Crippen molar-refractivity contribution >= 4 is 5.91 Å². The van der Waals surface area contributed by atoms with Crippen LogP contribution < -0.4 is 5.56 Å². The van der Waals surface area contributed by atoms with Crippen molar-refractivity contribution in [3.63, 3.8) is 0 Å². The predicted molar refractivity (Wildman–Crippen MR) is 111 cm³/mol. The molecule has 0 atom stereocenters. The molecule has 0 spiro atoms. The summed E-state index contributed by atoms with van der Waals surface area (Å²) >= 11 is 0. The van der Waals surface area contributed by atoms with E-state index in [-0.39, 0.29) is 11.5 Å². The number of carbonyl (C=O) groups excluding carboxylic acids is 1. The minimum Gasteiger partial charge on any atom is -0.336 e. The number of nitrogens with zero attached hydrogens (tertiary/aromatic N) is 3. The van der Waals surface area contributed by atoms with Crippen LogP contribution in [-0.4, -0.2) is 27.6 Å². The zero-order valence-corrected chi connectivity index (χ0v) is 16.3. The molecule has 5 heteroatoms. The van der Waals surface area contributed by atoms with Gasteiger partial charge in [0.1, 0.15) is 5.69 Å². The van der Waals surface area contributed by atoms with Crippen LogP contribution in [0.2, 0.25) is 0 Å². The van der Waals surface area contributed by atoms with Crippen LogP contribution in [0.5, 0.6) is 0 Å². The molecule has 0 unspecified atom stereocenters. The van der Waals surface area contributed by atoms with E-state index in [4.69, 9.17) is 0 Å². The number of amides is 1. The van der Waals surface area contributed by atoms with Crippen LogP contribution in [0.1, 0.15) is 35.8 Å². The summed E-state index contributed by atoms with van der Waals surface area (Å²) in [7, 11) is 1.75. The zero-order valence-electron chi connectivity index (χ0n) is 16.3. The van der Waals surface area contributed by atoms with Gasteiger partial charge in [0.05, 0.1) is 0 Å². The highest BCUT2D eigenvalue weighted by Gasteiger charge is 2.15. The van der Waals surface area contributed by atoms with Crippen molar-refractivity contribution in [1.82, 2.24) is 14.7 Å². The number of carbonyl (C=O) groups is 1. The number of aromatic nitrogens is 2. The lowest BCUT2D eigenvalue weighted by atomic mass is 10.0. The molecule has 1 aromatic heterocycles. The summed E-state index contributed by atoms with van der Waals surface area (Å²) < 4.78 is 1.37. The first kappa shape index (κ1) is 19.5. The van der Waals surface area contributed by atoms with E-state index in [1.54, 1.807) is 11.9 Å². The summed E-state index contributed by atoms with van der Waals surface area (Å²) in [5.74, 6) is -0.197. The molecule has 5 nitrogen and oxygen atoms in total. The van der Waals surface area contributed by atoms with Gasteiger partial charge in [0.15, 0.2) is 0 Å². The number of aryl methyl sites for hydroxylation is 1.